The number of carbonyl (C=O) groups excluding carboxylic acids is 1. The molecule has 4 atom stereocenters. The Labute approximate surface area is 161 Å². The molecule has 0 radical (unpaired) electrons. The lowest BCUT2D eigenvalue weighted by Gasteiger charge is -2.18. The number of fused-ring (bicyclic) bond motifs is 1. The lowest BCUT2D eigenvalue weighted by molar-refractivity contribution is 0.0682. The van der Waals surface area contributed by atoms with E-state index in [1.165, 1.54) is 0 Å². The van der Waals surface area contributed by atoms with E-state index in [1.807, 2.05) is 23.6 Å². The zero-order valence-corrected chi connectivity index (χ0v) is 15.4. The van der Waals surface area contributed by atoms with Gasteiger partial charge in [0, 0.05) is 12.7 Å². The van der Waals surface area contributed by atoms with Crippen molar-refractivity contribution < 1.29 is 14.3 Å². The minimum Gasteiger partial charge on any atom is -0.371 e. The highest BCUT2D eigenvalue weighted by Crippen LogP contribution is 2.29. The summed E-state index contributed by atoms with van der Waals surface area (Å²) in [6.45, 7) is 4.87. The number of hydrogen-bond donors (Lipinski definition) is 3. The second kappa shape index (κ2) is 8.03. The van der Waals surface area contributed by atoms with E-state index in [4.69, 9.17) is 9.47 Å². The number of nitrogens with one attached hydrogen (secondary N) is 3. The van der Waals surface area contributed by atoms with E-state index in [0.717, 1.165) is 10.6 Å². The standard InChI is InChI=1S/C18H21N5O3S/c1-2-6-20-18(24)23-13-10-26-15-12(9-25-16(13)15)22-17-19-7-5-11(21-17)14-4-3-8-27-14/h2-5,7-8,12-13,15-16H,1,6,9-10H2,(H,19,21,22)(H2,20,23,24). The molecule has 0 aliphatic carbocycles. The van der Waals surface area contributed by atoms with Gasteiger partial charge < -0.3 is 25.4 Å². The Kier molecular flexibility index (Phi) is 5.33. The second-order valence-electron chi connectivity index (χ2n) is 6.34. The summed E-state index contributed by atoms with van der Waals surface area (Å²) in [6.07, 6.45) is 3.01. The molecule has 2 saturated heterocycles. The van der Waals surface area contributed by atoms with Crippen molar-refractivity contribution in [1.29, 1.82) is 0 Å². The third-order valence-corrected chi connectivity index (χ3v) is 5.41. The zero-order chi connectivity index (χ0) is 18.6. The molecule has 4 unspecified atom stereocenters. The maximum atomic E-state index is 11.9. The number of carbonyl (C=O) groups is 1. The number of nitrogens with zero attached hydrogens (tertiary/aromatic N) is 2. The Hall–Kier alpha value is -2.49. The first-order valence-corrected chi connectivity index (χ1v) is 9.64. The molecule has 2 fully saturated rings. The molecule has 2 aliphatic heterocycles. The Bertz CT molecular complexity index is 800. The number of thiophene rings is 1. The van der Waals surface area contributed by atoms with Crippen LogP contribution >= 0.6 is 11.3 Å². The Morgan fingerprint density at radius 3 is 2.89 bits per heavy atom. The molecular weight excluding hydrogens is 366 g/mol. The largest absolute Gasteiger partial charge is 0.371 e. The fourth-order valence-corrected chi connectivity index (χ4v) is 3.98. The number of hydrogen-bond acceptors (Lipinski definition) is 7. The summed E-state index contributed by atoms with van der Waals surface area (Å²) in [5, 5.41) is 10.9. The summed E-state index contributed by atoms with van der Waals surface area (Å²) in [7, 11) is 0. The van der Waals surface area contributed by atoms with Gasteiger partial charge in [-0.15, -0.1) is 17.9 Å². The molecule has 3 N–H and O–H groups in total. The maximum Gasteiger partial charge on any atom is 0.315 e. The van der Waals surface area contributed by atoms with Crippen LogP contribution in [-0.2, 0) is 9.47 Å². The van der Waals surface area contributed by atoms with Crippen LogP contribution in [0.5, 0.6) is 0 Å². The van der Waals surface area contributed by atoms with Gasteiger partial charge in [-0.3, -0.25) is 0 Å². The van der Waals surface area contributed by atoms with Crippen molar-refractivity contribution in [3.63, 3.8) is 0 Å². The van der Waals surface area contributed by atoms with Crippen LogP contribution in [0.1, 0.15) is 0 Å². The van der Waals surface area contributed by atoms with E-state index in [9.17, 15) is 4.79 Å². The Balaban J connectivity index is 1.37. The van der Waals surface area contributed by atoms with Crippen LogP contribution in [0, 0.1) is 0 Å². The van der Waals surface area contributed by atoms with Crippen LogP contribution in [-0.4, -0.2) is 60.0 Å². The van der Waals surface area contributed by atoms with Gasteiger partial charge in [0.05, 0.1) is 35.9 Å². The SMILES string of the molecule is C=CCNC(=O)NC1COC2C(Nc3nccc(-c4cccs4)n3)COC12. The fourth-order valence-electron chi connectivity index (χ4n) is 3.29. The highest BCUT2D eigenvalue weighted by molar-refractivity contribution is 7.13. The minimum absolute atomic E-state index is 0.0726. The van der Waals surface area contributed by atoms with Gasteiger partial charge in [0.25, 0.3) is 0 Å². The summed E-state index contributed by atoms with van der Waals surface area (Å²) in [6, 6.07) is 5.39. The zero-order valence-electron chi connectivity index (χ0n) is 14.6. The minimum atomic E-state index is -0.254. The highest BCUT2D eigenvalue weighted by Gasteiger charge is 2.48. The Morgan fingerprint density at radius 2 is 2.11 bits per heavy atom. The van der Waals surface area contributed by atoms with Gasteiger partial charge in [0.15, 0.2) is 0 Å². The molecule has 2 aromatic rings. The van der Waals surface area contributed by atoms with E-state index in [2.05, 4.69) is 32.5 Å². The lowest BCUT2D eigenvalue weighted by Crippen LogP contribution is -2.48. The first-order chi connectivity index (χ1) is 13.2. The maximum absolute atomic E-state index is 11.9. The predicted octanol–water partition coefficient (Wildman–Crippen LogP) is 1.64. The number of aromatic nitrogens is 2. The van der Waals surface area contributed by atoms with Crippen LogP contribution in [0.3, 0.4) is 0 Å². The average molecular weight is 387 g/mol. The summed E-state index contributed by atoms with van der Waals surface area (Å²) >= 11 is 1.63. The highest BCUT2D eigenvalue weighted by atomic mass is 32.1. The molecule has 0 saturated carbocycles. The van der Waals surface area contributed by atoms with E-state index >= 15 is 0 Å². The average Bonchev–Trinajstić information content (AvgIpc) is 3.41. The van der Waals surface area contributed by atoms with Crippen LogP contribution in [0.4, 0.5) is 10.7 Å². The van der Waals surface area contributed by atoms with E-state index < -0.39 is 0 Å². The number of rotatable bonds is 6. The van der Waals surface area contributed by atoms with Crippen LogP contribution in [0.15, 0.2) is 42.4 Å². The molecule has 142 valence electrons. The fraction of sp³-hybridized carbons (Fsp3) is 0.389. The van der Waals surface area contributed by atoms with Crippen LogP contribution in [0.2, 0.25) is 0 Å². The number of amides is 2. The normalized spacial score (nSPS) is 26.4. The third kappa shape index (κ3) is 3.95. The molecule has 2 aromatic heterocycles. The predicted molar refractivity (Wildman–Crippen MR) is 103 cm³/mol. The summed E-state index contributed by atoms with van der Waals surface area (Å²) in [5.74, 6) is 0.541. The van der Waals surface area contributed by atoms with Crippen molar-refractivity contribution in [3.05, 3.63) is 42.4 Å². The van der Waals surface area contributed by atoms with E-state index in [1.54, 1.807) is 23.6 Å². The molecule has 4 rings (SSSR count). The molecule has 4 heterocycles. The van der Waals surface area contributed by atoms with Gasteiger partial charge in [-0.25, -0.2) is 14.8 Å². The molecule has 0 spiro atoms. The molecular formula is C18H21N5O3S. The number of urea groups is 1. The topological polar surface area (TPSA) is 97.4 Å². The summed E-state index contributed by atoms with van der Waals surface area (Å²) < 4.78 is 11.8. The van der Waals surface area contributed by atoms with Crippen molar-refractivity contribution in [2.75, 3.05) is 25.1 Å². The van der Waals surface area contributed by atoms with Gasteiger partial charge in [-0.05, 0) is 17.5 Å². The monoisotopic (exact) mass is 387 g/mol. The number of ether oxygens (including phenoxy) is 2. The first-order valence-electron chi connectivity index (χ1n) is 8.76. The molecule has 2 aliphatic rings. The molecule has 2 amide bonds. The number of anilines is 1. The van der Waals surface area contributed by atoms with Crippen molar-refractivity contribution in [3.8, 4) is 10.6 Å². The van der Waals surface area contributed by atoms with E-state index in [-0.39, 0.29) is 30.3 Å². The van der Waals surface area contributed by atoms with Crippen molar-refractivity contribution in [2.45, 2.75) is 24.3 Å². The molecule has 27 heavy (non-hydrogen) atoms. The molecule has 0 aromatic carbocycles. The molecule has 0 bridgehead atoms. The Morgan fingerprint density at radius 1 is 1.30 bits per heavy atom. The van der Waals surface area contributed by atoms with Crippen LogP contribution in [0.25, 0.3) is 10.6 Å². The van der Waals surface area contributed by atoms with Crippen molar-refractivity contribution in [2.24, 2.45) is 0 Å². The second-order valence-corrected chi connectivity index (χ2v) is 7.29. The molecule has 8 nitrogen and oxygen atoms in total. The first kappa shape index (κ1) is 17.9. The van der Waals surface area contributed by atoms with Gasteiger partial charge in [0.2, 0.25) is 5.95 Å². The lowest BCUT2D eigenvalue weighted by atomic mass is 10.1. The quantitative estimate of drug-likeness (QED) is 0.652. The smallest absolute Gasteiger partial charge is 0.315 e. The third-order valence-electron chi connectivity index (χ3n) is 4.52. The summed E-state index contributed by atoms with van der Waals surface area (Å²) in [4.78, 5) is 21.8. The van der Waals surface area contributed by atoms with Crippen molar-refractivity contribution in [1.82, 2.24) is 20.6 Å². The van der Waals surface area contributed by atoms with Crippen LogP contribution < -0.4 is 16.0 Å². The van der Waals surface area contributed by atoms with Gasteiger partial charge in [-0.1, -0.05) is 12.1 Å². The molecule has 9 heteroatoms. The van der Waals surface area contributed by atoms with Crippen molar-refractivity contribution >= 4 is 23.3 Å². The van der Waals surface area contributed by atoms with Gasteiger partial charge >= 0.3 is 6.03 Å². The van der Waals surface area contributed by atoms with Gasteiger partial charge in [0.1, 0.15) is 12.2 Å². The van der Waals surface area contributed by atoms with E-state index in [0.29, 0.717) is 25.7 Å². The van der Waals surface area contributed by atoms with Gasteiger partial charge in [-0.2, -0.15) is 0 Å². The summed E-state index contributed by atoms with van der Waals surface area (Å²) in [5.41, 5.74) is 0.878.